The van der Waals surface area contributed by atoms with Crippen LogP contribution < -0.4 is 15.4 Å². The number of para-hydroxylation sites is 1. The van der Waals surface area contributed by atoms with E-state index in [0.29, 0.717) is 24.7 Å². The summed E-state index contributed by atoms with van der Waals surface area (Å²) in [5.74, 6) is 0.311. The summed E-state index contributed by atoms with van der Waals surface area (Å²) < 4.78 is 8.89. The summed E-state index contributed by atoms with van der Waals surface area (Å²) in [6.07, 6.45) is 3.30. The third-order valence-corrected chi connectivity index (χ3v) is 4.54. The van der Waals surface area contributed by atoms with Gasteiger partial charge in [0.05, 0.1) is 5.69 Å². The van der Waals surface area contributed by atoms with Crippen molar-refractivity contribution in [3.63, 3.8) is 0 Å². The first kappa shape index (κ1) is 22.1. The Balaban J connectivity index is 1.67. The molecule has 0 saturated heterocycles. The van der Waals surface area contributed by atoms with Crippen LogP contribution in [0.5, 0.6) is 5.75 Å². The number of carbonyl (C=O) groups is 2. The largest absolute Gasteiger partial charge is 0.471 e. The molecule has 0 radical (unpaired) electrons. The van der Waals surface area contributed by atoms with E-state index in [9.17, 15) is 9.59 Å². The molecule has 9 nitrogen and oxygen atoms in total. The second-order valence-corrected chi connectivity index (χ2v) is 7.58. The van der Waals surface area contributed by atoms with Gasteiger partial charge in [0.2, 0.25) is 0 Å². The summed E-state index contributed by atoms with van der Waals surface area (Å²) in [5.41, 5.74) is 1.76. The minimum atomic E-state index is -0.428. The number of ether oxygens (including phenoxy) is 1. The van der Waals surface area contributed by atoms with Gasteiger partial charge in [0.1, 0.15) is 5.75 Å². The van der Waals surface area contributed by atoms with Gasteiger partial charge in [0, 0.05) is 25.5 Å². The molecule has 0 atom stereocenters. The first-order valence-electron chi connectivity index (χ1n) is 10.3. The molecule has 2 heterocycles. The first-order chi connectivity index (χ1) is 14.9. The number of hydrogen-bond donors (Lipinski definition) is 2. The number of nitrogens with one attached hydrogen (secondary N) is 2. The number of aromatic nitrogens is 4. The van der Waals surface area contributed by atoms with Crippen molar-refractivity contribution in [2.24, 2.45) is 5.92 Å². The maximum Gasteiger partial charge on any atom is 0.276 e. The molecule has 3 rings (SSSR count). The lowest BCUT2D eigenvalue weighted by atomic mass is 10.2. The number of aryl methyl sites for hydroxylation is 2. The van der Waals surface area contributed by atoms with Gasteiger partial charge in [0.25, 0.3) is 11.8 Å². The van der Waals surface area contributed by atoms with Crippen molar-refractivity contribution >= 4 is 17.5 Å². The van der Waals surface area contributed by atoms with Crippen LogP contribution in [0.1, 0.15) is 47.3 Å². The molecule has 1 aromatic carbocycles. The second kappa shape index (κ2) is 9.92. The summed E-state index contributed by atoms with van der Waals surface area (Å²) in [6.45, 7) is 9.16. The molecule has 0 spiro atoms. The fraction of sp³-hybridized carbons (Fsp3) is 0.364. The average Bonchev–Trinajstić information content (AvgIpc) is 3.38. The zero-order valence-electron chi connectivity index (χ0n) is 18.3. The van der Waals surface area contributed by atoms with Gasteiger partial charge >= 0.3 is 0 Å². The van der Waals surface area contributed by atoms with E-state index >= 15 is 0 Å². The van der Waals surface area contributed by atoms with Crippen LogP contribution in [-0.4, -0.2) is 37.9 Å². The molecule has 2 aromatic heterocycles. The Morgan fingerprint density at radius 3 is 2.58 bits per heavy atom. The molecule has 2 N–H and O–H groups in total. The zero-order valence-corrected chi connectivity index (χ0v) is 18.3. The molecule has 9 heteroatoms. The molecule has 31 heavy (non-hydrogen) atoms. The van der Waals surface area contributed by atoms with Crippen molar-refractivity contribution < 1.29 is 14.3 Å². The fourth-order valence-corrected chi connectivity index (χ4v) is 2.82. The Bertz CT molecular complexity index is 1050. The van der Waals surface area contributed by atoms with Crippen molar-refractivity contribution in [2.75, 3.05) is 11.9 Å². The van der Waals surface area contributed by atoms with Crippen LogP contribution in [0.15, 0.2) is 42.7 Å². The standard InChI is InChI=1S/C22H28N6O3/c1-5-27-13-18(20(26-27)22(30)23-12-15(2)3)24-21(29)17-10-11-28(25-17)14-31-19-9-7-6-8-16(19)4/h6-11,13,15H,5,12,14H2,1-4H3,(H,23,30)(H,24,29). The predicted molar refractivity (Wildman–Crippen MR) is 117 cm³/mol. The SMILES string of the molecule is CCn1cc(NC(=O)c2ccn(COc3ccccc3C)n2)c(C(=O)NCC(C)C)n1. The smallest absolute Gasteiger partial charge is 0.276 e. The highest BCUT2D eigenvalue weighted by Crippen LogP contribution is 2.17. The van der Waals surface area contributed by atoms with E-state index in [1.165, 1.54) is 4.68 Å². The third kappa shape index (κ3) is 5.71. The van der Waals surface area contributed by atoms with E-state index in [-0.39, 0.29) is 24.0 Å². The highest BCUT2D eigenvalue weighted by molar-refractivity contribution is 6.07. The first-order valence-corrected chi connectivity index (χ1v) is 10.3. The molecular weight excluding hydrogens is 396 g/mol. The molecule has 0 aliphatic rings. The summed E-state index contributed by atoms with van der Waals surface area (Å²) in [4.78, 5) is 25.2. The number of nitrogens with zero attached hydrogens (tertiary/aromatic N) is 4. The van der Waals surface area contributed by atoms with Crippen molar-refractivity contribution in [1.29, 1.82) is 0 Å². The maximum atomic E-state index is 12.7. The minimum Gasteiger partial charge on any atom is -0.471 e. The van der Waals surface area contributed by atoms with Crippen LogP contribution in [0.4, 0.5) is 5.69 Å². The van der Waals surface area contributed by atoms with Gasteiger partial charge in [-0.2, -0.15) is 10.2 Å². The van der Waals surface area contributed by atoms with Crippen molar-refractivity contribution in [3.8, 4) is 5.75 Å². The van der Waals surface area contributed by atoms with Gasteiger partial charge in [-0.15, -0.1) is 0 Å². The Morgan fingerprint density at radius 2 is 1.87 bits per heavy atom. The topological polar surface area (TPSA) is 103 Å². The lowest BCUT2D eigenvalue weighted by Crippen LogP contribution is -2.28. The number of rotatable bonds is 9. The van der Waals surface area contributed by atoms with E-state index < -0.39 is 5.91 Å². The lowest BCUT2D eigenvalue weighted by molar-refractivity contribution is 0.0944. The molecule has 2 amide bonds. The molecular formula is C22H28N6O3. The second-order valence-electron chi connectivity index (χ2n) is 7.58. The summed E-state index contributed by atoms with van der Waals surface area (Å²) in [7, 11) is 0. The van der Waals surface area contributed by atoms with Crippen LogP contribution in [0.25, 0.3) is 0 Å². The van der Waals surface area contributed by atoms with Crippen LogP contribution >= 0.6 is 0 Å². The van der Waals surface area contributed by atoms with E-state index in [0.717, 1.165) is 11.3 Å². The van der Waals surface area contributed by atoms with Crippen LogP contribution in [0.2, 0.25) is 0 Å². The van der Waals surface area contributed by atoms with Gasteiger partial charge in [-0.3, -0.25) is 14.3 Å². The van der Waals surface area contributed by atoms with Gasteiger partial charge in [-0.25, -0.2) is 4.68 Å². The number of hydrogen-bond acceptors (Lipinski definition) is 5. The highest BCUT2D eigenvalue weighted by atomic mass is 16.5. The van der Waals surface area contributed by atoms with Crippen molar-refractivity contribution in [1.82, 2.24) is 24.9 Å². The predicted octanol–water partition coefficient (Wildman–Crippen LogP) is 3.08. The van der Waals surface area contributed by atoms with Gasteiger partial charge < -0.3 is 15.4 Å². The highest BCUT2D eigenvalue weighted by Gasteiger charge is 2.20. The summed E-state index contributed by atoms with van der Waals surface area (Å²) >= 11 is 0. The van der Waals surface area contributed by atoms with E-state index in [1.807, 2.05) is 52.0 Å². The number of amides is 2. The Hall–Kier alpha value is -3.62. The molecule has 0 unspecified atom stereocenters. The van der Waals surface area contributed by atoms with Gasteiger partial charge in [-0.05, 0) is 37.5 Å². The molecule has 0 saturated carbocycles. The Morgan fingerprint density at radius 1 is 1.10 bits per heavy atom. The van der Waals surface area contributed by atoms with Crippen LogP contribution in [0, 0.1) is 12.8 Å². The van der Waals surface area contributed by atoms with Gasteiger partial charge in [0.15, 0.2) is 18.1 Å². The Kier molecular flexibility index (Phi) is 7.07. The molecule has 164 valence electrons. The summed E-state index contributed by atoms with van der Waals surface area (Å²) in [6, 6.07) is 9.28. The molecule has 0 fully saturated rings. The lowest BCUT2D eigenvalue weighted by Gasteiger charge is -2.08. The third-order valence-electron chi connectivity index (χ3n) is 4.54. The molecule has 0 bridgehead atoms. The maximum absolute atomic E-state index is 12.7. The quantitative estimate of drug-likeness (QED) is 0.549. The van der Waals surface area contributed by atoms with E-state index in [4.69, 9.17) is 4.74 Å². The minimum absolute atomic E-state index is 0.175. The number of anilines is 1. The van der Waals surface area contributed by atoms with Crippen molar-refractivity contribution in [3.05, 3.63) is 59.7 Å². The van der Waals surface area contributed by atoms with Crippen LogP contribution in [-0.2, 0) is 13.3 Å². The van der Waals surface area contributed by atoms with E-state index in [2.05, 4.69) is 20.8 Å². The summed E-state index contributed by atoms with van der Waals surface area (Å²) in [5, 5.41) is 14.1. The number of benzene rings is 1. The van der Waals surface area contributed by atoms with Crippen molar-refractivity contribution in [2.45, 2.75) is 41.0 Å². The monoisotopic (exact) mass is 424 g/mol. The number of carbonyl (C=O) groups excluding carboxylic acids is 2. The van der Waals surface area contributed by atoms with E-state index in [1.54, 1.807) is 23.1 Å². The van der Waals surface area contributed by atoms with Crippen LogP contribution in [0.3, 0.4) is 0 Å². The molecule has 0 aliphatic carbocycles. The Labute approximate surface area is 181 Å². The molecule has 0 aliphatic heterocycles. The average molecular weight is 425 g/mol. The molecule has 3 aromatic rings. The fourth-order valence-electron chi connectivity index (χ4n) is 2.82. The normalized spacial score (nSPS) is 10.9. The zero-order chi connectivity index (χ0) is 22.4. The van der Waals surface area contributed by atoms with Gasteiger partial charge in [-0.1, -0.05) is 32.0 Å².